The van der Waals surface area contributed by atoms with Crippen molar-refractivity contribution in [2.75, 3.05) is 0 Å². The highest BCUT2D eigenvalue weighted by Crippen LogP contribution is 2.20. The largest absolute Gasteiger partial charge is 0.489 e. The molecular formula is C15H15BrO2. The molecule has 0 saturated heterocycles. The maximum absolute atomic E-state index is 9.51. The number of rotatable bonds is 4. The van der Waals surface area contributed by atoms with E-state index < -0.39 is 6.10 Å². The lowest BCUT2D eigenvalue weighted by atomic mass is 10.1. The molecule has 3 heteroatoms. The van der Waals surface area contributed by atoms with E-state index in [2.05, 4.69) is 15.9 Å². The van der Waals surface area contributed by atoms with Crippen molar-refractivity contribution in [1.29, 1.82) is 0 Å². The molecule has 0 saturated carbocycles. The van der Waals surface area contributed by atoms with Crippen LogP contribution in [0.4, 0.5) is 0 Å². The summed E-state index contributed by atoms with van der Waals surface area (Å²) in [5, 5.41) is 9.51. The zero-order valence-electron chi connectivity index (χ0n) is 10.1. The smallest absolute Gasteiger partial charge is 0.120 e. The monoisotopic (exact) mass is 306 g/mol. The Bertz CT molecular complexity index is 523. The van der Waals surface area contributed by atoms with Gasteiger partial charge in [0.2, 0.25) is 0 Å². The number of hydrogen-bond acceptors (Lipinski definition) is 2. The van der Waals surface area contributed by atoms with Crippen LogP contribution in [0.1, 0.15) is 24.2 Å². The predicted molar refractivity (Wildman–Crippen MR) is 75.5 cm³/mol. The Morgan fingerprint density at radius 2 is 1.94 bits per heavy atom. The average Bonchev–Trinajstić information content (AvgIpc) is 2.37. The van der Waals surface area contributed by atoms with Crippen LogP contribution in [-0.2, 0) is 6.61 Å². The normalized spacial score (nSPS) is 12.2. The van der Waals surface area contributed by atoms with Gasteiger partial charge in [0.1, 0.15) is 12.4 Å². The van der Waals surface area contributed by atoms with Crippen molar-refractivity contribution < 1.29 is 9.84 Å². The second kappa shape index (κ2) is 6.03. The van der Waals surface area contributed by atoms with Crippen molar-refractivity contribution >= 4 is 15.9 Å². The Labute approximate surface area is 115 Å². The summed E-state index contributed by atoms with van der Waals surface area (Å²) >= 11 is 3.43. The van der Waals surface area contributed by atoms with E-state index in [1.54, 1.807) is 6.92 Å². The number of ether oxygens (including phenoxy) is 1. The third-order valence-corrected chi connectivity index (χ3v) is 3.13. The van der Waals surface area contributed by atoms with E-state index in [0.717, 1.165) is 21.3 Å². The maximum Gasteiger partial charge on any atom is 0.120 e. The van der Waals surface area contributed by atoms with Crippen LogP contribution in [0.2, 0.25) is 0 Å². The first-order valence-electron chi connectivity index (χ1n) is 5.80. The van der Waals surface area contributed by atoms with Crippen molar-refractivity contribution in [3.8, 4) is 5.75 Å². The quantitative estimate of drug-likeness (QED) is 0.922. The molecule has 0 radical (unpaired) electrons. The third-order valence-electron chi connectivity index (χ3n) is 2.64. The number of halogens is 1. The van der Waals surface area contributed by atoms with Gasteiger partial charge in [-0.2, -0.15) is 0 Å². The Morgan fingerprint density at radius 3 is 2.67 bits per heavy atom. The molecule has 2 rings (SSSR count). The molecule has 1 N–H and O–H groups in total. The first kappa shape index (κ1) is 13.1. The summed E-state index contributed by atoms with van der Waals surface area (Å²) in [5.74, 6) is 0.772. The molecule has 94 valence electrons. The third kappa shape index (κ3) is 3.59. The second-order valence-corrected chi connectivity index (χ2v) is 5.08. The summed E-state index contributed by atoms with van der Waals surface area (Å²) in [7, 11) is 0. The second-order valence-electron chi connectivity index (χ2n) is 4.17. The van der Waals surface area contributed by atoms with E-state index in [9.17, 15) is 5.11 Å². The van der Waals surface area contributed by atoms with E-state index in [4.69, 9.17) is 4.74 Å². The Hall–Kier alpha value is -1.32. The molecule has 1 atom stereocenters. The van der Waals surface area contributed by atoms with Gasteiger partial charge < -0.3 is 9.84 Å². The van der Waals surface area contributed by atoms with Gasteiger partial charge in [-0.15, -0.1) is 0 Å². The minimum absolute atomic E-state index is 0.473. The standard InChI is InChI=1S/C15H15BrO2/c1-11(17)13-5-3-7-15(9-13)18-10-12-4-2-6-14(16)8-12/h2-9,11,17H,10H2,1H3/t11-/m1/s1. The van der Waals surface area contributed by atoms with Crippen LogP contribution >= 0.6 is 15.9 Å². The van der Waals surface area contributed by atoms with Crippen molar-refractivity contribution in [3.63, 3.8) is 0 Å². The lowest BCUT2D eigenvalue weighted by molar-refractivity contribution is 0.198. The van der Waals surface area contributed by atoms with Gasteiger partial charge in [0.15, 0.2) is 0 Å². The molecule has 0 amide bonds. The Morgan fingerprint density at radius 1 is 1.17 bits per heavy atom. The fraction of sp³-hybridized carbons (Fsp3) is 0.200. The van der Waals surface area contributed by atoms with Gasteiger partial charge in [-0.3, -0.25) is 0 Å². The van der Waals surface area contributed by atoms with Gasteiger partial charge in [0, 0.05) is 4.47 Å². The van der Waals surface area contributed by atoms with Crippen LogP contribution in [0, 0.1) is 0 Å². The summed E-state index contributed by atoms with van der Waals surface area (Å²) < 4.78 is 6.75. The van der Waals surface area contributed by atoms with Gasteiger partial charge in [0.25, 0.3) is 0 Å². The average molecular weight is 307 g/mol. The number of aliphatic hydroxyl groups is 1. The van der Waals surface area contributed by atoms with Gasteiger partial charge in [-0.05, 0) is 42.3 Å². The minimum atomic E-state index is -0.473. The Kier molecular flexibility index (Phi) is 4.39. The molecule has 2 aromatic carbocycles. The number of hydrogen-bond donors (Lipinski definition) is 1. The topological polar surface area (TPSA) is 29.5 Å². The van der Waals surface area contributed by atoms with Crippen molar-refractivity contribution in [2.45, 2.75) is 19.6 Å². The molecule has 0 aliphatic carbocycles. The molecule has 0 aromatic heterocycles. The maximum atomic E-state index is 9.51. The molecule has 2 aromatic rings. The van der Waals surface area contributed by atoms with Gasteiger partial charge in [0.05, 0.1) is 6.10 Å². The van der Waals surface area contributed by atoms with Gasteiger partial charge >= 0.3 is 0 Å². The number of aliphatic hydroxyl groups excluding tert-OH is 1. The van der Waals surface area contributed by atoms with Crippen LogP contribution in [0.3, 0.4) is 0 Å². The fourth-order valence-electron chi connectivity index (χ4n) is 1.66. The molecule has 0 bridgehead atoms. The predicted octanol–water partition coefficient (Wildman–Crippen LogP) is 4.08. The SMILES string of the molecule is C[C@@H](O)c1cccc(OCc2cccc(Br)c2)c1. The van der Waals surface area contributed by atoms with E-state index in [-0.39, 0.29) is 0 Å². The van der Waals surface area contributed by atoms with E-state index in [0.29, 0.717) is 6.61 Å². The molecule has 0 aliphatic heterocycles. The van der Waals surface area contributed by atoms with Crippen LogP contribution in [-0.4, -0.2) is 5.11 Å². The van der Waals surface area contributed by atoms with Gasteiger partial charge in [-0.1, -0.05) is 40.2 Å². The first-order valence-corrected chi connectivity index (χ1v) is 6.60. The molecule has 0 fully saturated rings. The van der Waals surface area contributed by atoms with E-state index >= 15 is 0 Å². The molecule has 0 aliphatic rings. The summed E-state index contributed by atoms with van der Waals surface area (Å²) in [6, 6.07) is 15.5. The van der Waals surface area contributed by atoms with Crippen LogP contribution < -0.4 is 4.74 Å². The molecular weight excluding hydrogens is 292 g/mol. The first-order chi connectivity index (χ1) is 8.65. The van der Waals surface area contributed by atoms with Crippen LogP contribution in [0.25, 0.3) is 0 Å². The highest BCUT2D eigenvalue weighted by molar-refractivity contribution is 9.10. The summed E-state index contributed by atoms with van der Waals surface area (Å²) in [6.07, 6.45) is -0.473. The lowest BCUT2D eigenvalue weighted by Crippen LogP contribution is -1.97. The van der Waals surface area contributed by atoms with Crippen molar-refractivity contribution in [1.82, 2.24) is 0 Å². The molecule has 0 unspecified atom stereocenters. The zero-order valence-corrected chi connectivity index (χ0v) is 11.7. The van der Waals surface area contributed by atoms with Crippen LogP contribution in [0.5, 0.6) is 5.75 Å². The fourth-order valence-corrected chi connectivity index (χ4v) is 2.10. The minimum Gasteiger partial charge on any atom is -0.489 e. The Balaban J connectivity index is 2.04. The van der Waals surface area contributed by atoms with Gasteiger partial charge in [-0.25, -0.2) is 0 Å². The summed E-state index contributed by atoms with van der Waals surface area (Å²) in [4.78, 5) is 0. The molecule has 0 spiro atoms. The van der Waals surface area contributed by atoms with E-state index in [1.165, 1.54) is 0 Å². The van der Waals surface area contributed by atoms with Crippen molar-refractivity contribution in [2.24, 2.45) is 0 Å². The van der Waals surface area contributed by atoms with E-state index in [1.807, 2.05) is 48.5 Å². The lowest BCUT2D eigenvalue weighted by Gasteiger charge is -2.09. The number of benzene rings is 2. The van der Waals surface area contributed by atoms with Crippen LogP contribution in [0.15, 0.2) is 53.0 Å². The van der Waals surface area contributed by atoms with Crippen molar-refractivity contribution in [3.05, 3.63) is 64.1 Å². The molecule has 2 nitrogen and oxygen atoms in total. The zero-order chi connectivity index (χ0) is 13.0. The highest BCUT2D eigenvalue weighted by Gasteiger charge is 2.02. The summed E-state index contributed by atoms with van der Waals surface area (Å²) in [6.45, 7) is 2.26. The molecule has 18 heavy (non-hydrogen) atoms. The molecule has 0 heterocycles. The summed E-state index contributed by atoms with van der Waals surface area (Å²) in [5.41, 5.74) is 1.97. The highest BCUT2D eigenvalue weighted by atomic mass is 79.9.